The van der Waals surface area contributed by atoms with E-state index in [0.29, 0.717) is 0 Å². The van der Waals surface area contributed by atoms with E-state index in [1.807, 2.05) is 4.90 Å². The van der Waals surface area contributed by atoms with Crippen molar-refractivity contribution in [3.8, 4) is 0 Å². The summed E-state index contributed by atoms with van der Waals surface area (Å²) in [5, 5.41) is 8.48. The van der Waals surface area contributed by atoms with Crippen molar-refractivity contribution in [2.45, 2.75) is 20.3 Å². The third kappa shape index (κ3) is 6.86. The summed E-state index contributed by atoms with van der Waals surface area (Å²) in [7, 11) is 2.05. The predicted molar refractivity (Wildman–Crippen MR) is 57.5 cm³/mol. The van der Waals surface area contributed by atoms with Crippen LogP contribution in [-0.4, -0.2) is 60.6 Å². The molecule has 0 aliphatic carbocycles. The molecule has 0 spiro atoms. The van der Waals surface area contributed by atoms with Crippen molar-refractivity contribution < 1.29 is 9.90 Å². The van der Waals surface area contributed by atoms with Crippen molar-refractivity contribution >= 4 is 5.97 Å². The highest BCUT2D eigenvalue weighted by Gasteiger charge is 2.15. The van der Waals surface area contributed by atoms with Crippen molar-refractivity contribution in [1.29, 1.82) is 0 Å². The quantitative estimate of drug-likeness (QED) is 0.717. The van der Waals surface area contributed by atoms with Crippen molar-refractivity contribution in [2.24, 2.45) is 0 Å². The topological polar surface area (TPSA) is 43.8 Å². The number of hydrogen-bond donors (Lipinski definition) is 1. The van der Waals surface area contributed by atoms with Gasteiger partial charge in [-0.2, -0.15) is 0 Å². The lowest BCUT2D eigenvalue weighted by Gasteiger charge is -2.30. The van der Waals surface area contributed by atoms with Crippen LogP contribution < -0.4 is 0 Å². The predicted octanol–water partition coefficient (Wildman–Crippen LogP) is 0.735. The molecule has 1 saturated heterocycles. The Labute approximate surface area is 86.5 Å². The first-order chi connectivity index (χ1) is 6.60. The minimum Gasteiger partial charge on any atom is -0.480 e. The first kappa shape index (κ1) is 13.4. The normalized spacial score (nSPS) is 18.5. The number of carboxylic acids is 1. The molecular formula is C10H22N2O2. The summed E-state index contributed by atoms with van der Waals surface area (Å²) in [5.41, 5.74) is 0. The van der Waals surface area contributed by atoms with Crippen molar-refractivity contribution in [1.82, 2.24) is 9.80 Å². The van der Waals surface area contributed by atoms with Crippen LogP contribution in [0.25, 0.3) is 0 Å². The van der Waals surface area contributed by atoms with Gasteiger partial charge in [-0.3, -0.25) is 9.69 Å². The van der Waals surface area contributed by atoms with Crippen molar-refractivity contribution in [3.63, 3.8) is 0 Å². The fraction of sp³-hybridized carbons (Fsp3) is 0.900. The van der Waals surface area contributed by atoms with E-state index in [9.17, 15) is 4.79 Å². The van der Waals surface area contributed by atoms with Crippen LogP contribution in [-0.2, 0) is 4.79 Å². The smallest absolute Gasteiger partial charge is 0.317 e. The van der Waals surface area contributed by atoms with Crippen LogP contribution in [0.3, 0.4) is 0 Å². The Hall–Kier alpha value is -0.610. The Kier molecular flexibility index (Phi) is 7.42. The third-order valence-corrected chi connectivity index (χ3v) is 1.95. The molecule has 0 unspecified atom stereocenters. The van der Waals surface area contributed by atoms with Gasteiger partial charge in [0.05, 0.1) is 6.54 Å². The van der Waals surface area contributed by atoms with E-state index in [2.05, 4.69) is 25.8 Å². The molecule has 1 aliphatic heterocycles. The lowest BCUT2D eigenvalue weighted by atomic mass is 10.3. The minimum absolute atomic E-state index is 0.188. The molecule has 0 aromatic rings. The summed E-state index contributed by atoms with van der Waals surface area (Å²) in [6, 6.07) is 0. The highest BCUT2D eigenvalue weighted by atomic mass is 16.4. The highest BCUT2D eigenvalue weighted by Crippen LogP contribution is 1.97. The lowest BCUT2D eigenvalue weighted by molar-refractivity contribution is -0.138. The van der Waals surface area contributed by atoms with Gasteiger partial charge >= 0.3 is 5.97 Å². The van der Waals surface area contributed by atoms with Crippen LogP contribution in [0.4, 0.5) is 0 Å². The summed E-state index contributed by atoms with van der Waals surface area (Å²) >= 11 is 0. The summed E-state index contributed by atoms with van der Waals surface area (Å²) in [6.45, 7) is 8.15. The average molecular weight is 202 g/mol. The summed E-state index contributed by atoms with van der Waals surface area (Å²) < 4.78 is 0. The van der Waals surface area contributed by atoms with Crippen LogP contribution in [0.5, 0.6) is 0 Å². The zero-order valence-corrected chi connectivity index (χ0v) is 9.49. The Morgan fingerprint density at radius 2 is 1.64 bits per heavy atom. The third-order valence-electron chi connectivity index (χ3n) is 1.95. The molecule has 0 radical (unpaired) electrons. The molecule has 1 heterocycles. The SMILES string of the molecule is CCC.CN1CCN(CC(=O)O)CC1. The van der Waals surface area contributed by atoms with Crippen LogP contribution in [0.15, 0.2) is 0 Å². The Morgan fingerprint density at radius 3 is 2.00 bits per heavy atom. The fourth-order valence-corrected chi connectivity index (χ4v) is 1.20. The van der Waals surface area contributed by atoms with E-state index in [-0.39, 0.29) is 6.54 Å². The average Bonchev–Trinajstić information content (AvgIpc) is 2.09. The van der Waals surface area contributed by atoms with E-state index >= 15 is 0 Å². The zero-order chi connectivity index (χ0) is 11.0. The number of nitrogens with zero attached hydrogens (tertiary/aromatic N) is 2. The molecule has 1 fully saturated rings. The van der Waals surface area contributed by atoms with Gasteiger partial charge in [-0.1, -0.05) is 20.3 Å². The van der Waals surface area contributed by atoms with Crippen molar-refractivity contribution in [3.05, 3.63) is 0 Å². The number of rotatable bonds is 2. The molecule has 0 saturated carbocycles. The van der Waals surface area contributed by atoms with E-state index in [4.69, 9.17) is 5.11 Å². The van der Waals surface area contributed by atoms with Gasteiger partial charge in [0, 0.05) is 26.2 Å². The lowest BCUT2D eigenvalue weighted by Crippen LogP contribution is -2.46. The minimum atomic E-state index is -0.727. The van der Waals surface area contributed by atoms with Crippen LogP contribution in [0, 0.1) is 0 Å². The second-order valence-electron chi connectivity index (χ2n) is 3.68. The molecule has 0 aromatic heterocycles. The van der Waals surface area contributed by atoms with E-state index in [1.54, 1.807) is 0 Å². The summed E-state index contributed by atoms with van der Waals surface area (Å²) in [6.07, 6.45) is 1.25. The number of hydrogen-bond acceptors (Lipinski definition) is 3. The van der Waals surface area contributed by atoms with Crippen molar-refractivity contribution in [2.75, 3.05) is 39.8 Å². The first-order valence-corrected chi connectivity index (χ1v) is 5.22. The van der Waals surface area contributed by atoms with Gasteiger partial charge in [0.25, 0.3) is 0 Å². The Balaban J connectivity index is 0.000000500. The van der Waals surface area contributed by atoms with E-state index < -0.39 is 5.97 Å². The first-order valence-electron chi connectivity index (χ1n) is 5.22. The van der Waals surface area contributed by atoms with Gasteiger partial charge in [-0.25, -0.2) is 0 Å². The summed E-state index contributed by atoms with van der Waals surface area (Å²) in [4.78, 5) is 14.5. The monoisotopic (exact) mass is 202 g/mol. The second kappa shape index (κ2) is 7.76. The Bertz CT molecular complexity index is 154. The molecule has 0 atom stereocenters. The molecule has 14 heavy (non-hydrogen) atoms. The molecule has 1 rings (SSSR count). The standard InChI is InChI=1S/C7H14N2O2.C3H8/c1-8-2-4-9(5-3-8)6-7(10)11;1-3-2/h2-6H2,1H3,(H,10,11);3H2,1-2H3. The number of aliphatic carboxylic acids is 1. The molecular weight excluding hydrogens is 180 g/mol. The molecule has 4 nitrogen and oxygen atoms in total. The van der Waals surface area contributed by atoms with Crippen LogP contribution in [0.2, 0.25) is 0 Å². The molecule has 1 aliphatic rings. The number of likely N-dealkylation sites (N-methyl/N-ethyl adjacent to an activating group) is 1. The number of piperazine rings is 1. The second-order valence-corrected chi connectivity index (χ2v) is 3.68. The number of carboxylic acid groups (broad SMARTS) is 1. The van der Waals surface area contributed by atoms with Gasteiger partial charge < -0.3 is 10.0 Å². The van der Waals surface area contributed by atoms with Gasteiger partial charge in [0.15, 0.2) is 0 Å². The number of carbonyl (C=O) groups is 1. The van der Waals surface area contributed by atoms with Crippen LogP contribution in [0.1, 0.15) is 20.3 Å². The summed E-state index contributed by atoms with van der Waals surface area (Å²) in [5.74, 6) is -0.727. The maximum absolute atomic E-state index is 10.3. The van der Waals surface area contributed by atoms with Crippen LogP contribution >= 0.6 is 0 Å². The molecule has 0 aromatic carbocycles. The van der Waals surface area contributed by atoms with E-state index in [0.717, 1.165) is 26.2 Å². The van der Waals surface area contributed by atoms with Gasteiger partial charge in [0.2, 0.25) is 0 Å². The molecule has 4 heteroatoms. The zero-order valence-electron chi connectivity index (χ0n) is 9.49. The fourth-order valence-electron chi connectivity index (χ4n) is 1.20. The van der Waals surface area contributed by atoms with Gasteiger partial charge in [0.1, 0.15) is 0 Å². The van der Waals surface area contributed by atoms with Gasteiger partial charge in [-0.05, 0) is 7.05 Å². The Morgan fingerprint density at radius 1 is 1.21 bits per heavy atom. The van der Waals surface area contributed by atoms with Gasteiger partial charge in [-0.15, -0.1) is 0 Å². The maximum atomic E-state index is 10.3. The molecule has 0 bridgehead atoms. The van der Waals surface area contributed by atoms with E-state index in [1.165, 1.54) is 6.42 Å². The highest BCUT2D eigenvalue weighted by molar-refractivity contribution is 5.69. The largest absolute Gasteiger partial charge is 0.480 e. The maximum Gasteiger partial charge on any atom is 0.317 e. The molecule has 84 valence electrons. The molecule has 1 N–H and O–H groups in total. The molecule has 0 amide bonds.